The van der Waals surface area contributed by atoms with E-state index < -0.39 is 16.8 Å². The minimum atomic E-state index is -1.22. The highest BCUT2D eigenvalue weighted by atomic mass is 79.9. The van der Waals surface area contributed by atoms with Gasteiger partial charge in [0.2, 0.25) is 0 Å². The zero-order valence-electron chi connectivity index (χ0n) is 10.6. The summed E-state index contributed by atoms with van der Waals surface area (Å²) in [6, 6.07) is 0. The summed E-state index contributed by atoms with van der Waals surface area (Å²) in [6.45, 7) is 3.69. The van der Waals surface area contributed by atoms with E-state index in [0.29, 0.717) is 5.75 Å². The molecule has 18 heavy (non-hydrogen) atoms. The molecule has 0 spiro atoms. The maximum absolute atomic E-state index is 12.0. The number of nitrogens with zero attached hydrogens (tertiary/aromatic N) is 2. The summed E-state index contributed by atoms with van der Waals surface area (Å²) < 4.78 is 14.6. The van der Waals surface area contributed by atoms with Gasteiger partial charge in [0.25, 0.3) is 0 Å². The average Bonchev–Trinajstić information content (AvgIpc) is 2.55. The Kier molecular flexibility index (Phi) is 5.52. The highest BCUT2D eigenvalue weighted by molar-refractivity contribution is 9.10. The third-order valence-corrected chi connectivity index (χ3v) is 5.23. The molecule has 102 valence electrons. The normalized spacial score (nSPS) is 14.4. The molecule has 1 aromatic rings. The van der Waals surface area contributed by atoms with Crippen LogP contribution in [0, 0.1) is 0 Å². The molecule has 0 amide bonds. The molecule has 2 unspecified atom stereocenters. The molecule has 0 fully saturated rings. The van der Waals surface area contributed by atoms with E-state index in [-0.39, 0.29) is 11.7 Å². The number of halogens is 1. The Morgan fingerprint density at radius 1 is 1.61 bits per heavy atom. The number of carbonyl (C=O) groups is 1. The van der Waals surface area contributed by atoms with Crippen molar-refractivity contribution in [3.63, 3.8) is 0 Å². The van der Waals surface area contributed by atoms with E-state index in [2.05, 4.69) is 21.0 Å². The summed E-state index contributed by atoms with van der Waals surface area (Å²) in [5, 5.41) is 12.6. The summed E-state index contributed by atoms with van der Waals surface area (Å²) >= 11 is 3.46. The van der Waals surface area contributed by atoms with Gasteiger partial charge in [0.05, 0.1) is 28.0 Å². The van der Waals surface area contributed by atoms with Crippen LogP contribution in [0.15, 0.2) is 4.47 Å². The van der Waals surface area contributed by atoms with Gasteiger partial charge in [0.1, 0.15) is 0 Å². The molecule has 0 saturated heterocycles. The number of aliphatic carboxylic acids is 1. The van der Waals surface area contributed by atoms with Gasteiger partial charge in [-0.15, -0.1) is 0 Å². The third kappa shape index (κ3) is 3.65. The van der Waals surface area contributed by atoms with Crippen molar-refractivity contribution in [3.8, 4) is 0 Å². The second kappa shape index (κ2) is 6.47. The Morgan fingerprint density at radius 2 is 2.22 bits per heavy atom. The largest absolute Gasteiger partial charge is 0.481 e. The summed E-state index contributed by atoms with van der Waals surface area (Å²) in [6.07, 6.45) is 0.717. The van der Waals surface area contributed by atoms with Crippen molar-refractivity contribution in [3.05, 3.63) is 15.9 Å². The Balaban J connectivity index is 2.82. The molecule has 0 radical (unpaired) electrons. The quantitative estimate of drug-likeness (QED) is 0.860. The van der Waals surface area contributed by atoms with Gasteiger partial charge >= 0.3 is 5.97 Å². The van der Waals surface area contributed by atoms with E-state index in [1.807, 2.05) is 6.92 Å². The number of aryl methyl sites for hydroxylation is 2. The van der Waals surface area contributed by atoms with E-state index in [1.165, 1.54) is 0 Å². The van der Waals surface area contributed by atoms with E-state index in [0.717, 1.165) is 22.3 Å². The smallest absolute Gasteiger partial charge is 0.304 e. The fourth-order valence-electron chi connectivity index (χ4n) is 1.59. The lowest BCUT2D eigenvalue weighted by Gasteiger charge is -2.09. The molecule has 7 heteroatoms. The number of aromatic nitrogens is 2. The second-order valence-electron chi connectivity index (χ2n) is 4.12. The van der Waals surface area contributed by atoms with Crippen molar-refractivity contribution in [1.82, 2.24) is 9.78 Å². The second-order valence-corrected chi connectivity index (χ2v) is 6.77. The maximum Gasteiger partial charge on any atom is 0.304 e. The molecule has 5 nitrogen and oxygen atoms in total. The standard InChI is InChI=1S/C11H17BrN2O3S/c1-4-8-11(12)9(14(3)13-8)6-18(17)7(2)5-10(15)16/h7H,4-6H2,1-3H3,(H,15,16). The van der Waals surface area contributed by atoms with Gasteiger partial charge in [-0.2, -0.15) is 5.10 Å². The first-order chi connectivity index (χ1) is 8.36. The SMILES string of the molecule is CCc1nn(C)c(CS(=O)C(C)CC(=O)O)c1Br. The van der Waals surface area contributed by atoms with Gasteiger partial charge in [0, 0.05) is 23.1 Å². The van der Waals surface area contributed by atoms with Crippen molar-refractivity contribution >= 4 is 32.7 Å². The van der Waals surface area contributed by atoms with Gasteiger partial charge in [-0.3, -0.25) is 13.7 Å². The lowest BCUT2D eigenvalue weighted by atomic mass is 10.3. The number of carboxylic acids is 1. The van der Waals surface area contributed by atoms with Crippen LogP contribution >= 0.6 is 15.9 Å². The van der Waals surface area contributed by atoms with Crippen LogP contribution < -0.4 is 0 Å². The molecule has 1 heterocycles. The molecule has 0 aliphatic rings. The van der Waals surface area contributed by atoms with Crippen LogP contribution in [0.4, 0.5) is 0 Å². The molecule has 2 atom stereocenters. The number of hydrogen-bond acceptors (Lipinski definition) is 3. The molecule has 1 aromatic heterocycles. The molecular weight excluding hydrogens is 320 g/mol. The van der Waals surface area contributed by atoms with Gasteiger partial charge < -0.3 is 5.11 Å². The first kappa shape index (κ1) is 15.4. The third-order valence-electron chi connectivity index (χ3n) is 2.69. The zero-order chi connectivity index (χ0) is 13.9. The van der Waals surface area contributed by atoms with Gasteiger partial charge in [-0.05, 0) is 22.4 Å². The predicted molar refractivity (Wildman–Crippen MR) is 73.8 cm³/mol. The van der Waals surface area contributed by atoms with Gasteiger partial charge in [0.15, 0.2) is 0 Å². The predicted octanol–water partition coefficient (Wildman–Crippen LogP) is 1.86. The number of hydrogen-bond donors (Lipinski definition) is 1. The van der Waals surface area contributed by atoms with Crippen molar-refractivity contribution in [1.29, 1.82) is 0 Å². The molecule has 0 aromatic carbocycles. The highest BCUT2D eigenvalue weighted by Crippen LogP contribution is 2.23. The van der Waals surface area contributed by atoms with Crippen molar-refractivity contribution in [2.45, 2.75) is 37.7 Å². The van der Waals surface area contributed by atoms with E-state index in [1.54, 1.807) is 18.7 Å². The molecule has 0 aliphatic carbocycles. The molecule has 0 saturated carbocycles. The van der Waals surface area contributed by atoms with Crippen LogP contribution in [0.3, 0.4) is 0 Å². The van der Waals surface area contributed by atoms with Gasteiger partial charge in [-0.25, -0.2) is 0 Å². The van der Waals surface area contributed by atoms with Crippen molar-refractivity contribution in [2.24, 2.45) is 7.05 Å². The first-order valence-electron chi connectivity index (χ1n) is 5.66. The Hall–Kier alpha value is -0.690. The Morgan fingerprint density at radius 3 is 2.67 bits per heavy atom. The minimum absolute atomic E-state index is 0.0806. The number of carboxylic acid groups (broad SMARTS) is 1. The van der Waals surface area contributed by atoms with Crippen LogP contribution in [0.2, 0.25) is 0 Å². The highest BCUT2D eigenvalue weighted by Gasteiger charge is 2.20. The maximum atomic E-state index is 12.0. The average molecular weight is 337 g/mol. The van der Waals surface area contributed by atoms with E-state index in [4.69, 9.17) is 5.11 Å². The lowest BCUT2D eigenvalue weighted by Crippen LogP contribution is -2.18. The fourth-order valence-corrected chi connectivity index (χ4v) is 3.75. The minimum Gasteiger partial charge on any atom is -0.481 e. The van der Waals surface area contributed by atoms with Gasteiger partial charge in [-0.1, -0.05) is 13.8 Å². The van der Waals surface area contributed by atoms with Crippen LogP contribution in [-0.4, -0.2) is 30.3 Å². The summed E-state index contributed by atoms with van der Waals surface area (Å²) in [5.41, 5.74) is 1.78. The molecule has 1 N–H and O–H groups in total. The molecular formula is C11H17BrN2O3S. The topological polar surface area (TPSA) is 72.2 Å². The fraction of sp³-hybridized carbons (Fsp3) is 0.636. The lowest BCUT2D eigenvalue weighted by molar-refractivity contribution is -0.136. The van der Waals surface area contributed by atoms with Crippen LogP contribution in [0.5, 0.6) is 0 Å². The van der Waals surface area contributed by atoms with Crippen LogP contribution in [0.25, 0.3) is 0 Å². The van der Waals surface area contributed by atoms with E-state index in [9.17, 15) is 9.00 Å². The molecule has 0 aliphatic heterocycles. The van der Waals surface area contributed by atoms with Crippen molar-refractivity contribution < 1.29 is 14.1 Å². The van der Waals surface area contributed by atoms with Crippen LogP contribution in [0.1, 0.15) is 31.7 Å². The van der Waals surface area contributed by atoms with E-state index >= 15 is 0 Å². The van der Waals surface area contributed by atoms with Crippen LogP contribution in [-0.2, 0) is 34.8 Å². The summed E-state index contributed by atoms with van der Waals surface area (Å²) in [5.74, 6) is -0.604. The number of rotatable bonds is 6. The molecule has 0 bridgehead atoms. The Labute approximate surface area is 117 Å². The monoisotopic (exact) mass is 336 g/mol. The Bertz CT molecular complexity index is 473. The zero-order valence-corrected chi connectivity index (χ0v) is 13.0. The first-order valence-corrected chi connectivity index (χ1v) is 7.83. The summed E-state index contributed by atoms with van der Waals surface area (Å²) in [7, 11) is 0.587. The van der Waals surface area contributed by atoms with Crippen molar-refractivity contribution in [2.75, 3.05) is 0 Å². The molecule has 1 rings (SSSR count). The summed E-state index contributed by atoms with van der Waals surface area (Å²) in [4.78, 5) is 10.6.